The Morgan fingerprint density at radius 1 is 1.23 bits per heavy atom. The van der Waals surface area contributed by atoms with Gasteiger partial charge < -0.3 is 5.32 Å². The molecule has 0 fully saturated rings. The van der Waals surface area contributed by atoms with Crippen LogP contribution in [0.1, 0.15) is 17.0 Å². The molecule has 0 atom stereocenters. The zero-order valence-corrected chi connectivity index (χ0v) is 13.8. The lowest BCUT2D eigenvalue weighted by molar-refractivity contribution is 0.905. The average Bonchev–Trinajstić information content (AvgIpc) is 2.80. The van der Waals surface area contributed by atoms with Crippen molar-refractivity contribution in [2.45, 2.75) is 25.8 Å². The first kappa shape index (κ1) is 14.8. The fourth-order valence-corrected chi connectivity index (χ4v) is 2.97. The monoisotopic (exact) mass is 313 g/mol. The molecule has 0 bridgehead atoms. The number of hydrogen-bond acceptors (Lipinski definition) is 5. The second-order valence-corrected chi connectivity index (χ2v) is 6.29. The smallest absolute Gasteiger partial charge is 0.160 e. The van der Waals surface area contributed by atoms with Gasteiger partial charge in [0.1, 0.15) is 5.82 Å². The van der Waals surface area contributed by atoms with Crippen molar-refractivity contribution in [2.75, 3.05) is 17.6 Å². The molecule has 0 saturated carbocycles. The number of fused-ring (bicyclic) bond motifs is 1. The van der Waals surface area contributed by atoms with Gasteiger partial charge in [0.15, 0.2) is 5.65 Å². The normalized spacial score (nSPS) is 11.0. The SMILES string of the molecule is Cc1cc(NCCSc2ccccn2)n2nc(C)c(C)c2n1. The molecule has 3 rings (SSSR count). The molecule has 0 aromatic carbocycles. The summed E-state index contributed by atoms with van der Waals surface area (Å²) in [5.74, 6) is 1.93. The third kappa shape index (κ3) is 3.06. The van der Waals surface area contributed by atoms with Crippen molar-refractivity contribution in [3.8, 4) is 0 Å². The topological polar surface area (TPSA) is 55.1 Å². The maximum atomic E-state index is 4.58. The fourth-order valence-electron chi connectivity index (χ4n) is 2.24. The first-order valence-electron chi connectivity index (χ1n) is 7.26. The summed E-state index contributed by atoms with van der Waals surface area (Å²) in [5, 5.41) is 9.06. The van der Waals surface area contributed by atoms with Crippen molar-refractivity contribution < 1.29 is 0 Å². The van der Waals surface area contributed by atoms with Gasteiger partial charge >= 0.3 is 0 Å². The predicted molar refractivity (Wildman–Crippen MR) is 90.6 cm³/mol. The van der Waals surface area contributed by atoms with Gasteiger partial charge in [-0.2, -0.15) is 9.61 Å². The predicted octanol–water partition coefficient (Wildman–Crippen LogP) is 3.25. The lowest BCUT2D eigenvalue weighted by Crippen LogP contribution is -2.10. The quantitative estimate of drug-likeness (QED) is 0.579. The lowest BCUT2D eigenvalue weighted by atomic mass is 10.3. The van der Waals surface area contributed by atoms with E-state index in [1.807, 2.05) is 48.8 Å². The van der Waals surface area contributed by atoms with E-state index >= 15 is 0 Å². The third-order valence-electron chi connectivity index (χ3n) is 3.48. The van der Waals surface area contributed by atoms with Crippen LogP contribution in [-0.4, -0.2) is 31.9 Å². The number of anilines is 1. The molecule has 6 heteroatoms. The van der Waals surface area contributed by atoms with E-state index < -0.39 is 0 Å². The van der Waals surface area contributed by atoms with Crippen molar-refractivity contribution in [2.24, 2.45) is 0 Å². The van der Waals surface area contributed by atoms with Gasteiger partial charge in [0.2, 0.25) is 0 Å². The van der Waals surface area contributed by atoms with Gasteiger partial charge in [-0.15, -0.1) is 11.8 Å². The minimum absolute atomic E-state index is 0.845. The molecule has 0 amide bonds. The fraction of sp³-hybridized carbons (Fsp3) is 0.312. The standard InChI is InChI=1S/C16H19N5S/c1-11-10-14(21-16(19-11)12(2)13(3)20-21)17-8-9-22-15-6-4-5-7-18-15/h4-7,10,17H,8-9H2,1-3H3. The van der Waals surface area contributed by atoms with Crippen molar-refractivity contribution >= 4 is 23.2 Å². The van der Waals surface area contributed by atoms with Gasteiger partial charge in [-0.25, -0.2) is 9.97 Å². The number of nitrogens with zero attached hydrogens (tertiary/aromatic N) is 4. The molecule has 0 aliphatic carbocycles. The largest absolute Gasteiger partial charge is 0.369 e. The molecular weight excluding hydrogens is 294 g/mol. The molecule has 3 aromatic heterocycles. The highest BCUT2D eigenvalue weighted by Crippen LogP contribution is 2.19. The van der Waals surface area contributed by atoms with Crippen molar-refractivity contribution in [3.63, 3.8) is 0 Å². The van der Waals surface area contributed by atoms with Gasteiger partial charge in [-0.3, -0.25) is 0 Å². The maximum Gasteiger partial charge on any atom is 0.160 e. The van der Waals surface area contributed by atoms with Crippen molar-refractivity contribution in [3.05, 3.63) is 47.4 Å². The third-order valence-corrected chi connectivity index (χ3v) is 4.43. The van der Waals surface area contributed by atoms with E-state index in [0.717, 1.165) is 45.7 Å². The Kier molecular flexibility index (Phi) is 4.29. The van der Waals surface area contributed by atoms with E-state index in [0.29, 0.717) is 0 Å². The van der Waals surface area contributed by atoms with E-state index in [9.17, 15) is 0 Å². The van der Waals surface area contributed by atoms with Crippen LogP contribution < -0.4 is 5.32 Å². The Hall–Kier alpha value is -2.08. The van der Waals surface area contributed by atoms with E-state index in [-0.39, 0.29) is 0 Å². The Labute approximate surface area is 134 Å². The Balaban J connectivity index is 1.70. The van der Waals surface area contributed by atoms with Crippen LogP contribution in [0.4, 0.5) is 5.82 Å². The van der Waals surface area contributed by atoms with Crippen LogP contribution in [0.25, 0.3) is 5.65 Å². The van der Waals surface area contributed by atoms with Crippen molar-refractivity contribution in [1.29, 1.82) is 0 Å². The zero-order valence-electron chi connectivity index (χ0n) is 13.0. The van der Waals surface area contributed by atoms with E-state index in [4.69, 9.17) is 0 Å². The second-order valence-electron chi connectivity index (χ2n) is 5.17. The molecule has 22 heavy (non-hydrogen) atoms. The summed E-state index contributed by atoms with van der Waals surface area (Å²) in [6, 6.07) is 8.00. The summed E-state index contributed by atoms with van der Waals surface area (Å²) in [6.45, 7) is 6.93. The summed E-state index contributed by atoms with van der Waals surface area (Å²) in [7, 11) is 0. The Morgan fingerprint density at radius 3 is 2.86 bits per heavy atom. The first-order chi connectivity index (χ1) is 10.6. The van der Waals surface area contributed by atoms with Gasteiger partial charge in [0, 0.05) is 35.8 Å². The number of hydrogen-bond donors (Lipinski definition) is 1. The Bertz CT molecular complexity index is 782. The molecule has 0 spiro atoms. The van der Waals surface area contributed by atoms with Gasteiger partial charge in [-0.1, -0.05) is 6.07 Å². The molecule has 0 radical (unpaired) electrons. The maximum absolute atomic E-state index is 4.58. The molecule has 5 nitrogen and oxygen atoms in total. The van der Waals surface area contributed by atoms with Gasteiger partial charge in [0.25, 0.3) is 0 Å². The molecule has 3 aromatic rings. The Morgan fingerprint density at radius 2 is 2.09 bits per heavy atom. The number of nitrogens with one attached hydrogen (secondary N) is 1. The molecule has 114 valence electrons. The zero-order chi connectivity index (χ0) is 15.5. The highest BCUT2D eigenvalue weighted by Gasteiger charge is 2.10. The van der Waals surface area contributed by atoms with Crippen LogP contribution in [0.5, 0.6) is 0 Å². The van der Waals surface area contributed by atoms with E-state index in [2.05, 4.69) is 27.3 Å². The number of aromatic nitrogens is 4. The van der Waals surface area contributed by atoms with Crippen LogP contribution in [-0.2, 0) is 0 Å². The van der Waals surface area contributed by atoms with Crippen LogP contribution in [0.2, 0.25) is 0 Å². The number of thioether (sulfide) groups is 1. The summed E-state index contributed by atoms with van der Waals surface area (Å²) >= 11 is 1.74. The van der Waals surface area contributed by atoms with Crippen LogP contribution >= 0.6 is 11.8 Å². The molecule has 3 heterocycles. The summed E-state index contributed by atoms with van der Waals surface area (Å²) in [4.78, 5) is 8.89. The van der Waals surface area contributed by atoms with Crippen LogP contribution in [0, 0.1) is 20.8 Å². The summed E-state index contributed by atoms with van der Waals surface area (Å²) in [5.41, 5.74) is 4.08. The molecule has 0 aliphatic heterocycles. The summed E-state index contributed by atoms with van der Waals surface area (Å²) in [6.07, 6.45) is 1.82. The summed E-state index contributed by atoms with van der Waals surface area (Å²) < 4.78 is 1.89. The molecule has 0 saturated heterocycles. The van der Waals surface area contributed by atoms with Gasteiger partial charge in [0.05, 0.1) is 10.7 Å². The second kappa shape index (κ2) is 6.36. The number of rotatable bonds is 5. The highest BCUT2D eigenvalue weighted by atomic mass is 32.2. The lowest BCUT2D eigenvalue weighted by Gasteiger charge is -2.09. The first-order valence-corrected chi connectivity index (χ1v) is 8.25. The molecule has 0 aliphatic rings. The highest BCUT2D eigenvalue weighted by molar-refractivity contribution is 7.99. The molecule has 1 N–H and O–H groups in total. The number of pyridine rings is 1. The van der Waals surface area contributed by atoms with Crippen LogP contribution in [0.3, 0.4) is 0 Å². The van der Waals surface area contributed by atoms with Crippen molar-refractivity contribution in [1.82, 2.24) is 19.6 Å². The average molecular weight is 313 g/mol. The van der Waals surface area contributed by atoms with Crippen LogP contribution in [0.15, 0.2) is 35.5 Å². The minimum Gasteiger partial charge on any atom is -0.369 e. The minimum atomic E-state index is 0.845. The van der Waals surface area contributed by atoms with Gasteiger partial charge in [-0.05, 0) is 32.9 Å². The van der Waals surface area contributed by atoms with E-state index in [1.54, 1.807) is 11.8 Å². The van der Waals surface area contributed by atoms with E-state index in [1.165, 1.54) is 0 Å². The molecule has 0 unspecified atom stereocenters. The molecular formula is C16H19N5S. The number of aryl methyl sites for hydroxylation is 3.